The third-order valence-electron chi connectivity index (χ3n) is 6.95. The van der Waals surface area contributed by atoms with Crippen LogP contribution in [0.4, 0.5) is 0 Å². The highest BCUT2D eigenvalue weighted by Crippen LogP contribution is 2.25. The zero-order valence-electron chi connectivity index (χ0n) is 23.6. The highest BCUT2D eigenvalue weighted by Gasteiger charge is 2.37. The van der Waals surface area contributed by atoms with E-state index in [0.717, 1.165) is 22.9 Å². The first-order valence-corrected chi connectivity index (χ1v) is 15.7. The number of hydrogen-bond acceptors (Lipinski definition) is 3. The molecule has 0 N–H and O–H groups in total. The monoisotopic (exact) mass is 509 g/mol. The lowest BCUT2D eigenvalue weighted by atomic mass is 9.92. The van der Waals surface area contributed by atoms with Gasteiger partial charge in [-0.05, 0) is 18.8 Å². The molecule has 202 valence electrons. The second-order valence-corrected chi connectivity index (χ2v) is 14.0. The molecule has 33 heavy (non-hydrogen) atoms. The van der Waals surface area contributed by atoms with Crippen molar-refractivity contribution in [2.75, 3.05) is 49.0 Å². The largest absolute Gasteiger partial charge is 1.00 e. The smallest absolute Gasteiger partial charge is 0.500 e. The van der Waals surface area contributed by atoms with Gasteiger partial charge in [0.25, 0.3) is 0 Å². The zero-order valence-corrected chi connectivity index (χ0v) is 25.3. The summed E-state index contributed by atoms with van der Waals surface area (Å²) in [5, 5.41) is 0. The molecule has 1 unspecified atom stereocenters. The molecule has 1 atom stereocenters. The third kappa shape index (κ3) is 21.4. The van der Waals surface area contributed by atoms with E-state index >= 15 is 0 Å². The van der Waals surface area contributed by atoms with E-state index in [1.54, 1.807) is 21.3 Å². The topological polar surface area (TPSA) is 27.7 Å². The molecule has 0 amide bonds. The van der Waals surface area contributed by atoms with Gasteiger partial charge in [-0.2, -0.15) is 0 Å². The lowest BCUT2D eigenvalue weighted by molar-refractivity contribution is -0.871. The molecule has 0 aliphatic rings. The number of hydrogen-bond donors (Lipinski definition) is 0. The number of rotatable bonds is 24. The number of quaternary nitrogens is 1. The summed E-state index contributed by atoms with van der Waals surface area (Å²) in [5.74, 6) is 0.817. The fourth-order valence-corrected chi connectivity index (χ4v) is 6.37. The Morgan fingerprint density at radius 3 is 1.36 bits per heavy atom. The van der Waals surface area contributed by atoms with Gasteiger partial charge in [0, 0.05) is 27.4 Å². The van der Waals surface area contributed by atoms with Crippen molar-refractivity contribution in [1.29, 1.82) is 0 Å². The molecule has 0 heterocycles. The van der Waals surface area contributed by atoms with E-state index in [0.29, 0.717) is 0 Å². The van der Waals surface area contributed by atoms with Crippen molar-refractivity contribution in [1.82, 2.24) is 0 Å². The maximum atomic E-state index is 5.61. The van der Waals surface area contributed by atoms with Crippen LogP contribution >= 0.6 is 0 Å². The van der Waals surface area contributed by atoms with Gasteiger partial charge in [-0.1, -0.05) is 103 Å². The first-order chi connectivity index (χ1) is 15.3. The summed E-state index contributed by atoms with van der Waals surface area (Å²) < 4.78 is 17.9. The molecular weight excluding hydrogens is 450 g/mol. The summed E-state index contributed by atoms with van der Waals surface area (Å²) in [6.07, 6.45) is 23.7. The van der Waals surface area contributed by atoms with Gasteiger partial charge in [-0.15, -0.1) is 0 Å². The SMILES string of the molecule is CCCCCCCCCCCCCCCC(CCC[Si](OC)(OC)OC)CC[N+](C)(C)C.[Cl-]. The third-order valence-corrected chi connectivity index (χ3v) is 9.78. The lowest BCUT2D eigenvalue weighted by Crippen LogP contribution is -3.00. The van der Waals surface area contributed by atoms with Crippen LogP contribution in [0.25, 0.3) is 0 Å². The summed E-state index contributed by atoms with van der Waals surface area (Å²) in [5.41, 5.74) is 0. The molecular formula is C27H60ClNO3Si. The van der Waals surface area contributed by atoms with Gasteiger partial charge in [0.15, 0.2) is 0 Å². The minimum Gasteiger partial charge on any atom is -1.00 e. The van der Waals surface area contributed by atoms with Crippen LogP contribution in [0, 0.1) is 5.92 Å². The second-order valence-electron chi connectivity index (χ2n) is 10.9. The Kier molecular flexibility index (Phi) is 24.5. The van der Waals surface area contributed by atoms with Crippen molar-refractivity contribution < 1.29 is 30.2 Å². The van der Waals surface area contributed by atoms with Crippen molar-refractivity contribution in [3.8, 4) is 0 Å². The summed E-state index contributed by atoms with van der Waals surface area (Å²) in [6.45, 7) is 3.55. The van der Waals surface area contributed by atoms with Gasteiger partial charge in [-0.25, -0.2) is 0 Å². The normalized spacial score (nSPS) is 13.2. The van der Waals surface area contributed by atoms with Crippen LogP contribution in [0.5, 0.6) is 0 Å². The predicted molar refractivity (Wildman–Crippen MR) is 142 cm³/mol. The first kappa shape index (κ1) is 35.5. The van der Waals surface area contributed by atoms with Gasteiger partial charge < -0.3 is 30.2 Å². The predicted octanol–water partition coefficient (Wildman–Crippen LogP) is 4.84. The molecule has 0 aliphatic heterocycles. The summed E-state index contributed by atoms with van der Waals surface area (Å²) >= 11 is 0. The van der Waals surface area contributed by atoms with Crippen molar-refractivity contribution in [3.05, 3.63) is 0 Å². The van der Waals surface area contributed by atoms with E-state index in [9.17, 15) is 0 Å². The van der Waals surface area contributed by atoms with E-state index in [2.05, 4.69) is 28.1 Å². The van der Waals surface area contributed by atoms with Crippen LogP contribution in [0.1, 0.15) is 116 Å². The van der Waals surface area contributed by atoms with E-state index in [-0.39, 0.29) is 12.4 Å². The van der Waals surface area contributed by atoms with Gasteiger partial charge in [0.2, 0.25) is 0 Å². The lowest BCUT2D eigenvalue weighted by Gasteiger charge is -2.28. The average molecular weight is 510 g/mol. The average Bonchev–Trinajstić information content (AvgIpc) is 2.77. The summed E-state index contributed by atoms with van der Waals surface area (Å²) in [6, 6.07) is 0.927. The van der Waals surface area contributed by atoms with Gasteiger partial charge in [-0.3, -0.25) is 0 Å². The summed E-state index contributed by atoms with van der Waals surface area (Å²) in [4.78, 5) is 0. The van der Waals surface area contributed by atoms with Crippen LogP contribution in [-0.2, 0) is 13.3 Å². The fourth-order valence-electron chi connectivity index (χ4n) is 4.62. The molecule has 0 rings (SSSR count). The maximum absolute atomic E-state index is 5.61. The van der Waals surface area contributed by atoms with Crippen molar-refractivity contribution in [3.63, 3.8) is 0 Å². The van der Waals surface area contributed by atoms with Crippen molar-refractivity contribution >= 4 is 8.80 Å². The van der Waals surface area contributed by atoms with E-state index in [1.165, 1.54) is 109 Å². The fraction of sp³-hybridized carbons (Fsp3) is 1.00. The van der Waals surface area contributed by atoms with Crippen molar-refractivity contribution in [2.45, 2.75) is 122 Å². The van der Waals surface area contributed by atoms with Crippen LogP contribution in [0.3, 0.4) is 0 Å². The van der Waals surface area contributed by atoms with E-state index in [1.807, 2.05) is 0 Å². The van der Waals surface area contributed by atoms with Crippen LogP contribution in [0.15, 0.2) is 0 Å². The number of halogens is 1. The van der Waals surface area contributed by atoms with E-state index < -0.39 is 8.80 Å². The quantitative estimate of drug-likeness (QED) is 0.106. The highest BCUT2D eigenvalue weighted by molar-refractivity contribution is 6.60. The van der Waals surface area contributed by atoms with E-state index in [4.69, 9.17) is 13.3 Å². The molecule has 0 fully saturated rings. The molecule has 0 radical (unpaired) electrons. The number of nitrogens with zero attached hydrogens (tertiary/aromatic N) is 1. The minimum atomic E-state index is -2.42. The molecule has 0 bridgehead atoms. The molecule has 0 aromatic heterocycles. The van der Waals surface area contributed by atoms with Gasteiger partial charge in [0.05, 0.1) is 27.7 Å². The van der Waals surface area contributed by atoms with Crippen molar-refractivity contribution in [2.24, 2.45) is 5.92 Å². The zero-order chi connectivity index (χ0) is 24.1. The Morgan fingerprint density at radius 1 is 0.576 bits per heavy atom. The molecule has 0 saturated carbocycles. The maximum Gasteiger partial charge on any atom is 0.500 e. The van der Waals surface area contributed by atoms with Crippen LogP contribution < -0.4 is 12.4 Å². The molecule has 0 saturated heterocycles. The molecule has 0 aliphatic carbocycles. The molecule has 0 aromatic carbocycles. The standard InChI is InChI=1S/C27H60NO3Si.ClH/c1-8-9-10-11-12-13-14-15-16-17-18-19-20-22-27(24-25-28(2,3)4)23-21-26-32(29-5,30-6)31-7;/h27H,8-26H2,1-7H3;1H/q+1;/p-1. The van der Waals surface area contributed by atoms with Crippen LogP contribution in [-0.4, -0.2) is 62.3 Å². The Labute approximate surface area is 215 Å². The Hall–Kier alpha value is 0.347. The molecule has 0 aromatic rings. The first-order valence-electron chi connectivity index (χ1n) is 13.8. The highest BCUT2D eigenvalue weighted by atomic mass is 35.5. The Morgan fingerprint density at radius 2 is 0.970 bits per heavy atom. The number of unbranched alkanes of at least 4 members (excludes halogenated alkanes) is 12. The summed E-state index contributed by atoms with van der Waals surface area (Å²) in [7, 11) is 9.67. The molecule has 0 spiro atoms. The van der Waals surface area contributed by atoms with Crippen LogP contribution in [0.2, 0.25) is 6.04 Å². The second kappa shape index (κ2) is 22.8. The minimum absolute atomic E-state index is 0. The van der Waals surface area contributed by atoms with Gasteiger partial charge in [0.1, 0.15) is 0 Å². The molecule has 6 heteroatoms. The molecule has 4 nitrogen and oxygen atoms in total. The Bertz CT molecular complexity index is 395. The Balaban J connectivity index is 0. The van der Waals surface area contributed by atoms with Gasteiger partial charge >= 0.3 is 8.80 Å².